The van der Waals surface area contributed by atoms with E-state index in [4.69, 9.17) is 21.9 Å². The second-order valence-electron chi connectivity index (χ2n) is 3.88. The van der Waals surface area contributed by atoms with Crippen LogP contribution in [-0.2, 0) is 6.42 Å². The van der Waals surface area contributed by atoms with Crippen LogP contribution in [0.4, 0.5) is 0 Å². The number of nitrogens with zero attached hydrogens (tertiary/aromatic N) is 2. The maximum absolute atomic E-state index is 6.11. The number of benzene rings is 1. The van der Waals surface area contributed by atoms with E-state index in [9.17, 15) is 0 Å². The Hall–Kier alpha value is -1.39. The Kier molecular flexibility index (Phi) is 3.45. The third-order valence-corrected chi connectivity index (χ3v) is 2.87. The lowest BCUT2D eigenvalue weighted by Crippen LogP contribution is -2.15. The molecule has 0 aliphatic rings. The average Bonchev–Trinajstić information content (AvgIpc) is 2.76. The Labute approximate surface area is 105 Å². The Morgan fingerprint density at radius 1 is 1.47 bits per heavy atom. The monoisotopic (exact) mass is 251 g/mol. The third-order valence-electron chi connectivity index (χ3n) is 2.63. The van der Waals surface area contributed by atoms with E-state index in [2.05, 4.69) is 10.1 Å². The molecule has 4 nitrogen and oxygen atoms in total. The van der Waals surface area contributed by atoms with E-state index in [0.29, 0.717) is 23.2 Å². The topological polar surface area (TPSA) is 64.9 Å². The molecule has 1 aromatic heterocycles. The number of halogens is 1. The molecule has 0 aliphatic carbocycles. The molecule has 2 rings (SSSR count). The van der Waals surface area contributed by atoms with Gasteiger partial charge >= 0.3 is 0 Å². The summed E-state index contributed by atoms with van der Waals surface area (Å²) in [6, 6.07) is 5.20. The Morgan fingerprint density at radius 2 is 2.24 bits per heavy atom. The fourth-order valence-electron chi connectivity index (χ4n) is 1.67. The molecule has 0 fully saturated rings. The summed E-state index contributed by atoms with van der Waals surface area (Å²) < 4.78 is 5.05. The lowest BCUT2D eigenvalue weighted by Gasteiger charge is -2.10. The molecular weight excluding hydrogens is 238 g/mol. The molecule has 1 atom stereocenters. The molecule has 0 spiro atoms. The second kappa shape index (κ2) is 4.85. The van der Waals surface area contributed by atoms with Gasteiger partial charge in [-0.2, -0.15) is 4.98 Å². The number of aryl methyl sites for hydroxylation is 2. The molecule has 90 valence electrons. The average molecular weight is 252 g/mol. The summed E-state index contributed by atoms with van der Waals surface area (Å²) >= 11 is 5.90. The van der Waals surface area contributed by atoms with Gasteiger partial charge in [0.15, 0.2) is 5.82 Å². The molecule has 0 amide bonds. The molecule has 1 heterocycles. The number of hydrogen-bond donors (Lipinski definition) is 1. The van der Waals surface area contributed by atoms with Gasteiger partial charge in [0.05, 0.1) is 6.04 Å². The summed E-state index contributed by atoms with van der Waals surface area (Å²) in [5, 5.41) is 4.58. The summed E-state index contributed by atoms with van der Waals surface area (Å²) in [6.45, 7) is 3.91. The molecule has 0 aliphatic heterocycles. The van der Waals surface area contributed by atoms with Crippen molar-refractivity contribution in [1.29, 1.82) is 0 Å². The van der Waals surface area contributed by atoms with Crippen molar-refractivity contribution >= 4 is 11.6 Å². The van der Waals surface area contributed by atoms with Gasteiger partial charge in [-0.05, 0) is 30.2 Å². The summed E-state index contributed by atoms with van der Waals surface area (Å²) in [5.41, 5.74) is 8.08. The van der Waals surface area contributed by atoms with Gasteiger partial charge < -0.3 is 10.3 Å². The van der Waals surface area contributed by atoms with Gasteiger partial charge in [-0.25, -0.2) is 0 Å². The Bertz CT molecular complexity index is 524. The number of aromatic nitrogens is 2. The Balaban J connectivity index is 2.33. The molecule has 2 N–H and O–H groups in total. The molecule has 5 heteroatoms. The molecular formula is C12H14ClN3O. The summed E-state index contributed by atoms with van der Waals surface area (Å²) in [5.74, 6) is 1.11. The SMILES string of the molecule is CCc1nc(C(N)c2ccc(Cl)cc2C)no1. The van der Waals surface area contributed by atoms with Gasteiger partial charge in [-0.1, -0.05) is 29.7 Å². The maximum atomic E-state index is 6.11. The van der Waals surface area contributed by atoms with Gasteiger partial charge in [-0.15, -0.1) is 0 Å². The van der Waals surface area contributed by atoms with Crippen LogP contribution in [-0.4, -0.2) is 10.1 Å². The van der Waals surface area contributed by atoms with Crippen molar-refractivity contribution in [3.8, 4) is 0 Å². The molecule has 0 saturated carbocycles. The fraction of sp³-hybridized carbons (Fsp3) is 0.333. The van der Waals surface area contributed by atoms with Crippen molar-refractivity contribution in [3.63, 3.8) is 0 Å². The van der Waals surface area contributed by atoms with Gasteiger partial charge in [0.25, 0.3) is 0 Å². The lowest BCUT2D eigenvalue weighted by atomic mass is 10.0. The van der Waals surface area contributed by atoms with E-state index < -0.39 is 0 Å². The van der Waals surface area contributed by atoms with Crippen LogP contribution >= 0.6 is 11.6 Å². The zero-order valence-electron chi connectivity index (χ0n) is 9.77. The highest BCUT2D eigenvalue weighted by Gasteiger charge is 2.17. The van der Waals surface area contributed by atoms with Crippen molar-refractivity contribution in [2.45, 2.75) is 26.3 Å². The molecule has 1 aromatic carbocycles. The van der Waals surface area contributed by atoms with E-state index in [1.165, 1.54) is 0 Å². The smallest absolute Gasteiger partial charge is 0.226 e. The van der Waals surface area contributed by atoms with Crippen molar-refractivity contribution in [2.75, 3.05) is 0 Å². The first-order valence-corrected chi connectivity index (χ1v) is 5.83. The van der Waals surface area contributed by atoms with Crippen molar-refractivity contribution in [1.82, 2.24) is 10.1 Å². The summed E-state index contributed by atoms with van der Waals surface area (Å²) in [6.07, 6.45) is 0.708. The standard InChI is InChI=1S/C12H14ClN3O/c1-3-10-15-12(16-17-10)11(14)9-5-4-8(13)6-7(9)2/h4-6,11H,3,14H2,1-2H3. The zero-order chi connectivity index (χ0) is 12.4. The minimum absolute atomic E-state index is 0.378. The predicted octanol–water partition coefficient (Wildman–Crippen LogP) is 2.64. The van der Waals surface area contributed by atoms with E-state index in [-0.39, 0.29) is 6.04 Å². The molecule has 1 unspecified atom stereocenters. The van der Waals surface area contributed by atoms with E-state index in [1.54, 1.807) is 0 Å². The quantitative estimate of drug-likeness (QED) is 0.911. The lowest BCUT2D eigenvalue weighted by molar-refractivity contribution is 0.375. The van der Waals surface area contributed by atoms with Gasteiger partial charge in [-0.3, -0.25) is 0 Å². The van der Waals surface area contributed by atoms with Crippen molar-refractivity contribution in [2.24, 2.45) is 5.73 Å². The molecule has 17 heavy (non-hydrogen) atoms. The van der Waals surface area contributed by atoms with Gasteiger partial charge in [0.1, 0.15) is 0 Å². The highest BCUT2D eigenvalue weighted by molar-refractivity contribution is 6.30. The van der Waals surface area contributed by atoms with E-state index in [1.807, 2.05) is 32.0 Å². The van der Waals surface area contributed by atoms with Gasteiger partial charge in [0, 0.05) is 11.4 Å². The Morgan fingerprint density at radius 3 is 2.82 bits per heavy atom. The van der Waals surface area contributed by atoms with Crippen LogP contribution in [0.25, 0.3) is 0 Å². The van der Waals surface area contributed by atoms with Crippen LogP contribution in [0, 0.1) is 6.92 Å². The predicted molar refractivity (Wildman–Crippen MR) is 65.9 cm³/mol. The minimum atomic E-state index is -0.378. The van der Waals surface area contributed by atoms with Crippen LogP contribution in [0.1, 0.15) is 35.8 Å². The highest BCUT2D eigenvalue weighted by Crippen LogP contribution is 2.23. The number of rotatable bonds is 3. The van der Waals surface area contributed by atoms with Crippen molar-refractivity contribution in [3.05, 3.63) is 46.1 Å². The largest absolute Gasteiger partial charge is 0.339 e. The van der Waals surface area contributed by atoms with Gasteiger partial charge in [0.2, 0.25) is 5.89 Å². The van der Waals surface area contributed by atoms with E-state index in [0.717, 1.165) is 11.1 Å². The van der Waals surface area contributed by atoms with Crippen molar-refractivity contribution < 1.29 is 4.52 Å². The maximum Gasteiger partial charge on any atom is 0.226 e. The molecule has 0 saturated heterocycles. The fourth-order valence-corrected chi connectivity index (χ4v) is 1.89. The third kappa shape index (κ3) is 2.48. The van der Waals surface area contributed by atoms with Crippen LogP contribution < -0.4 is 5.73 Å². The first kappa shape index (κ1) is 12.1. The normalized spacial score (nSPS) is 12.7. The zero-order valence-corrected chi connectivity index (χ0v) is 10.5. The highest BCUT2D eigenvalue weighted by atomic mass is 35.5. The van der Waals surface area contributed by atoms with Crippen LogP contribution in [0.15, 0.2) is 22.7 Å². The molecule has 2 aromatic rings. The second-order valence-corrected chi connectivity index (χ2v) is 4.31. The summed E-state index contributed by atoms with van der Waals surface area (Å²) in [4.78, 5) is 4.23. The van der Waals surface area contributed by atoms with Crippen LogP contribution in [0.2, 0.25) is 5.02 Å². The molecule has 0 radical (unpaired) electrons. The first-order valence-electron chi connectivity index (χ1n) is 5.46. The van der Waals surface area contributed by atoms with Crippen LogP contribution in [0.3, 0.4) is 0 Å². The molecule has 0 bridgehead atoms. The minimum Gasteiger partial charge on any atom is -0.339 e. The summed E-state index contributed by atoms with van der Waals surface area (Å²) in [7, 11) is 0. The first-order chi connectivity index (χ1) is 8.11. The number of hydrogen-bond acceptors (Lipinski definition) is 4. The van der Waals surface area contributed by atoms with Crippen LogP contribution in [0.5, 0.6) is 0 Å². The number of nitrogens with two attached hydrogens (primary N) is 1. The van der Waals surface area contributed by atoms with E-state index >= 15 is 0 Å².